The number of carbonyl (C=O) groups is 2. The Kier molecular flexibility index (Phi) is 8.71. The Morgan fingerprint density at radius 1 is 0.933 bits per heavy atom. The number of benzene rings is 2. The second-order valence-electron chi connectivity index (χ2n) is 7.85. The largest absolute Gasteiger partial charge is 0.492 e. The molecule has 0 fully saturated rings. The van der Waals surface area contributed by atoms with Crippen LogP contribution in [0.1, 0.15) is 57.7 Å². The van der Waals surface area contributed by atoms with Crippen molar-refractivity contribution in [3.05, 3.63) is 59.7 Å². The fourth-order valence-corrected chi connectivity index (χ4v) is 3.13. The summed E-state index contributed by atoms with van der Waals surface area (Å²) >= 11 is 0. The molecular formula is C24H33N3O3. The molecule has 0 heterocycles. The van der Waals surface area contributed by atoms with Gasteiger partial charge < -0.3 is 20.7 Å². The SMILES string of the molecule is CCOc1ccccc1NC(=O)NCC(=O)N[C@H](c1ccc(C(C)C)cc1)C(C)C. The van der Waals surface area contributed by atoms with E-state index in [9.17, 15) is 9.59 Å². The van der Waals surface area contributed by atoms with Crippen LogP contribution >= 0.6 is 0 Å². The van der Waals surface area contributed by atoms with Gasteiger partial charge in [-0.05, 0) is 42.0 Å². The maximum absolute atomic E-state index is 12.5. The van der Waals surface area contributed by atoms with E-state index in [-0.39, 0.29) is 24.4 Å². The van der Waals surface area contributed by atoms with Crippen LogP contribution in [0, 0.1) is 5.92 Å². The predicted octanol–water partition coefficient (Wildman–Crippen LogP) is 4.84. The topological polar surface area (TPSA) is 79.5 Å². The van der Waals surface area contributed by atoms with Crippen molar-refractivity contribution in [2.75, 3.05) is 18.5 Å². The van der Waals surface area contributed by atoms with Crippen LogP contribution in [0.5, 0.6) is 5.75 Å². The number of urea groups is 1. The highest BCUT2D eigenvalue weighted by Gasteiger charge is 2.19. The summed E-state index contributed by atoms with van der Waals surface area (Å²) in [5, 5.41) is 8.35. The zero-order valence-corrected chi connectivity index (χ0v) is 18.5. The van der Waals surface area contributed by atoms with Gasteiger partial charge in [-0.2, -0.15) is 0 Å². The predicted molar refractivity (Wildman–Crippen MR) is 121 cm³/mol. The van der Waals surface area contributed by atoms with E-state index in [0.717, 1.165) is 5.56 Å². The number of nitrogens with one attached hydrogen (secondary N) is 3. The Morgan fingerprint density at radius 2 is 1.57 bits per heavy atom. The summed E-state index contributed by atoms with van der Waals surface area (Å²) in [5.41, 5.74) is 2.87. The number of ether oxygens (including phenoxy) is 1. The molecule has 0 radical (unpaired) electrons. The molecule has 0 saturated carbocycles. The highest BCUT2D eigenvalue weighted by atomic mass is 16.5. The third kappa shape index (κ3) is 6.79. The lowest BCUT2D eigenvalue weighted by atomic mass is 9.93. The zero-order valence-electron chi connectivity index (χ0n) is 18.5. The van der Waals surface area contributed by atoms with Crippen LogP contribution < -0.4 is 20.7 Å². The molecule has 30 heavy (non-hydrogen) atoms. The van der Waals surface area contributed by atoms with E-state index < -0.39 is 6.03 Å². The van der Waals surface area contributed by atoms with Gasteiger partial charge >= 0.3 is 6.03 Å². The lowest BCUT2D eigenvalue weighted by Gasteiger charge is -2.23. The molecule has 0 bridgehead atoms. The van der Waals surface area contributed by atoms with Crippen molar-refractivity contribution in [3.8, 4) is 5.75 Å². The molecule has 6 nitrogen and oxygen atoms in total. The third-order valence-electron chi connectivity index (χ3n) is 4.79. The molecule has 3 amide bonds. The smallest absolute Gasteiger partial charge is 0.319 e. The van der Waals surface area contributed by atoms with E-state index in [4.69, 9.17) is 4.74 Å². The number of carbonyl (C=O) groups excluding carboxylic acids is 2. The van der Waals surface area contributed by atoms with Gasteiger partial charge in [0.1, 0.15) is 5.75 Å². The van der Waals surface area contributed by atoms with E-state index in [1.54, 1.807) is 12.1 Å². The average Bonchev–Trinajstić information content (AvgIpc) is 2.72. The van der Waals surface area contributed by atoms with Crippen LogP contribution in [0.4, 0.5) is 10.5 Å². The van der Waals surface area contributed by atoms with Crippen LogP contribution in [-0.2, 0) is 4.79 Å². The van der Waals surface area contributed by atoms with E-state index >= 15 is 0 Å². The molecule has 0 aliphatic carbocycles. The summed E-state index contributed by atoms with van der Waals surface area (Å²) in [6, 6.07) is 14.9. The molecule has 2 aromatic rings. The quantitative estimate of drug-likeness (QED) is 0.552. The molecule has 0 spiro atoms. The second-order valence-corrected chi connectivity index (χ2v) is 7.85. The lowest BCUT2D eigenvalue weighted by molar-refractivity contribution is -0.121. The van der Waals surface area contributed by atoms with Crippen LogP contribution in [0.2, 0.25) is 0 Å². The molecule has 0 saturated heterocycles. The number of hydrogen-bond donors (Lipinski definition) is 3. The van der Waals surface area contributed by atoms with E-state index in [1.807, 2.05) is 19.1 Å². The Labute approximate surface area is 179 Å². The standard InChI is InChI=1S/C24H33N3O3/c1-6-30-21-10-8-7-9-20(21)26-24(29)25-15-22(28)27-23(17(4)5)19-13-11-18(12-14-19)16(2)3/h7-14,16-17,23H,6,15H2,1-5H3,(H,27,28)(H2,25,26,29)/t23-/m0/s1. The number of hydrogen-bond acceptors (Lipinski definition) is 3. The van der Waals surface area contributed by atoms with Gasteiger partial charge in [-0.3, -0.25) is 4.79 Å². The number of amides is 3. The van der Waals surface area contributed by atoms with Gasteiger partial charge in [0, 0.05) is 0 Å². The molecule has 0 aliphatic rings. The van der Waals surface area contributed by atoms with Gasteiger partial charge in [-0.25, -0.2) is 4.79 Å². The molecular weight excluding hydrogens is 378 g/mol. The monoisotopic (exact) mass is 411 g/mol. The lowest BCUT2D eigenvalue weighted by Crippen LogP contribution is -2.41. The Morgan fingerprint density at radius 3 is 2.17 bits per heavy atom. The van der Waals surface area contributed by atoms with Gasteiger partial charge in [0.15, 0.2) is 0 Å². The number of para-hydroxylation sites is 2. The number of anilines is 1. The summed E-state index contributed by atoms with van der Waals surface area (Å²) in [4.78, 5) is 24.7. The Bertz CT molecular complexity index is 832. The number of rotatable bonds is 9. The fraction of sp³-hybridized carbons (Fsp3) is 0.417. The minimum atomic E-state index is -0.459. The summed E-state index contributed by atoms with van der Waals surface area (Å²) < 4.78 is 5.49. The van der Waals surface area contributed by atoms with Crippen molar-refractivity contribution >= 4 is 17.6 Å². The van der Waals surface area contributed by atoms with Crippen LogP contribution in [0.15, 0.2) is 48.5 Å². The van der Waals surface area contributed by atoms with Crippen molar-refractivity contribution in [3.63, 3.8) is 0 Å². The van der Waals surface area contributed by atoms with Gasteiger partial charge in [0.2, 0.25) is 5.91 Å². The molecule has 2 rings (SSSR count). The van der Waals surface area contributed by atoms with Crippen molar-refractivity contribution in [1.82, 2.24) is 10.6 Å². The van der Waals surface area contributed by atoms with Crippen LogP contribution in [-0.4, -0.2) is 25.1 Å². The Hall–Kier alpha value is -3.02. The van der Waals surface area contributed by atoms with Gasteiger partial charge in [-0.1, -0.05) is 64.1 Å². The summed E-state index contributed by atoms with van der Waals surface area (Å²) in [5.74, 6) is 1.02. The van der Waals surface area contributed by atoms with E-state index in [0.29, 0.717) is 24.0 Å². The highest BCUT2D eigenvalue weighted by Crippen LogP contribution is 2.24. The van der Waals surface area contributed by atoms with Gasteiger partial charge in [0.25, 0.3) is 0 Å². The van der Waals surface area contributed by atoms with Crippen molar-refractivity contribution in [1.29, 1.82) is 0 Å². The minimum Gasteiger partial charge on any atom is -0.492 e. The highest BCUT2D eigenvalue weighted by molar-refractivity contribution is 5.93. The van der Waals surface area contributed by atoms with Crippen molar-refractivity contribution in [2.24, 2.45) is 5.92 Å². The van der Waals surface area contributed by atoms with Crippen LogP contribution in [0.25, 0.3) is 0 Å². The summed E-state index contributed by atoms with van der Waals surface area (Å²) in [6.45, 7) is 10.7. The second kappa shape index (κ2) is 11.2. The Balaban J connectivity index is 1.92. The molecule has 0 unspecified atom stereocenters. The zero-order chi connectivity index (χ0) is 22.1. The molecule has 1 atom stereocenters. The van der Waals surface area contributed by atoms with Gasteiger partial charge in [-0.15, -0.1) is 0 Å². The maximum atomic E-state index is 12.5. The van der Waals surface area contributed by atoms with Gasteiger partial charge in [0.05, 0.1) is 24.9 Å². The molecule has 0 aromatic heterocycles. The third-order valence-corrected chi connectivity index (χ3v) is 4.79. The first-order valence-corrected chi connectivity index (χ1v) is 10.5. The van der Waals surface area contributed by atoms with Crippen molar-refractivity contribution < 1.29 is 14.3 Å². The van der Waals surface area contributed by atoms with Crippen LogP contribution in [0.3, 0.4) is 0 Å². The minimum absolute atomic E-state index is 0.115. The molecule has 2 aromatic carbocycles. The normalized spacial score (nSPS) is 11.8. The molecule has 0 aliphatic heterocycles. The molecule has 162 valence electrons. The first-order valence-electron chi connectivity index (χ1n) is 10.5. The van der Waals surface area contributed by atoms with E-state index in [2.05, 4.69) is 67.9 Å². The summed E-state index contributed by atoms with van der Waals surface area (Å²) in [6.07, 6.45) is 0. The maximum Gasteiger partial charge on any atom is 0.319 e. The average molecular weight is 412 g/mol. The fourth-order valence-electron chi connectivity index (χ4n) is 3.13. The first kappa shape index (κ1) is 23.3. The molecule has 3 N–H and O–H groups in total. The molecule has 6 heteroatoms. The van der Waals surface area contributed by atoms with Crippen molar-refractivity contribution in [2.45, 2.75) is 46.6 Å². The first-order chi connectivity index (χ1) is 14.3. The summed E-state index contributed by atoms with van der Waals surface area (Å²) in [7, 11) is 0. The van der Waals surface area contributed by atoms with E-state index in [1.165, 1.54) is 5.56 Å².